The maximum absolute atomic E-state index is 10.6. The third kappa shape index (κ3) is 4.32. The molecule has 0 bridgehead atoms. The van der Waals surface area contributed by atoms with E-state index in [-0.39, 0.29) is 10.8 Å². The quantitative estimate of drug-likeness (QED) is 0.463. The summed E-state index contributed by atoms with van der Waals surface area (Å²) in [6.07, 6.45) is 2.59. The highest BCUT2D eigenvalue weighted by molar-refractivity contribution is 6.32. The molecule has 0 saturated carbocycles. The summed E-state index contributed by atoms with van der Waals surface area (Å²) in [6.45, 7) is 6.62. The average Bonchev–Trinajstić information content (AvgIpc) is 2.60. The van der Waals surface area contributed by atoms with Crippen molar-refractivity contribution in [2.24, 2.45) is 5.92 Å². The van der Waals surface area contributed by atoms with Gasteiger partial charge >= 0.3 is 5.82 Å². The van der Waals surface area contributed by atoms with Gasteiger partial charge in [-0.05, 0) is 30.4 Å². The van der Waals surface area contributed by atoms with Gasteiger partial charge in [-0.15, -0.1) is 0 Å². The van der Waals surface area contributed by atoms with Gasteiger partial charge in [0.05, 0.1) is 17.8 Å². The molecule has 0 aliphatic rings. The van der Waals surface area contributed by atoms with Gasteiger partial charge < -0.3 is 15.4 Å². The largest absolute Gasteiger partial charge is 0.408 e. The van der Waals surface area contributed by atoms with Gasteiger partial charge in [-0.1, -0.05) is 25.4 Å². The Bertz CT molecular complexity index is 380. The van der Waals surface area contributed by atoms with E-state index in [9.17, 15) is 10.1 Å². The van der Waals surface area contributed by atoms with Crippen LogP contribution in [0.4, 0.5) is 5.82 Å². The number of nitro groups is 1. The van der Waals surface area contributed by atoms with Crippen molar-refractivity contribution in [2.75, 3.05) is 13.1 Å². The standard InChI is InChI=1S/C10H17ClN4O2/c1-3-4-12-5-8(2)6-14-7-9(11)10(13-14)15(16)17/h7-8,12H,3-6H2,1-2H3. The predicted molar refractivity (Wildman–Crippen MR) is 66.2 cm³/mol. The average molecular weight is 261 g/mol. The number of nitrogens with one attached hydrogen (secondary N) is 1. The molecule has 1 aromatic rings. The summed E-state index contributed by atoms with van der Waals surface area (Å²) in [5.41, 5.74) is 0. The summed E-state index contributed by atoms with van der Waals surface area (Å²) >= 11 is 5.71. The molecule has 0 fully saturated rings. The van der Waals surface area contributed by atoms with E-state index >= 15 is 0 Å². The van der Waals surface area contributed by atoms with Crippen molar-refractivity contribution >= 4 is 17.4 Å². The lowest BCUT2D eigenvalue weighted by Gasteiger charge is -2.09. The summed E-state index contributed by atoms with van der Waals surface area (Å²) in [5, 5.41) is 17.8. The topological polar surface area (TPSA) is 73.0 Å². The van der Waals surface area contributed by atoms with E-state index in [1.54, 1.807) is 0 Å². The Labute approximate surface area is 105 Å². The van der Waals surface area contributed by atoms with E-state index in [1.165, 1.54) is 10.9 Å². The molecule has 0 spiro atoms. The first-order valence-electron chi connectivity index (χ1n) is 5.62. The Kier molecular flexibility index (Phi) is 5.37. The first-order chi connectivity index (χ1) is 8.04. The van der Waals surface area contributed by atoms with Gasteiger partial charge in [0.25, 0.3) is 0 Å². The fourth-order valence-corrected chi connectivity index (χ4v) is 1.73. The van der Waals surface area contributed by atoms with E-state index in [0.29, 0.717) is 12.5 Å². The van der Waals surface area contributed by atoms with Crippen LogP contribution in [0.2, 0.25) is 5.02 Å². The number of halogens is 1. The van der Waals surface area contributed by atoms with E-state index in [1.807, 2.05) is 0 Å². The summed E-state index contributed by atoms with van der Waals surface area (Å²) in [4.78, 5) is 9.99. The highest BCUT2D eigenvalue weighted by Gasteiger charge is 2.19. The van der Waals surface area contributed by atoms with Crippen LogP contribution in [0.15, 0.2) is 6.20 Å². The van der Waals surface area contributed by atoms with Crippen molar-refractivity contribution in [2.45, 2.75) is 26.8 Å². The number of nitrogens with zero attached hydrogens (tertiary/aromatic N) is 3. The normalized spacial score (nSPS) is 12.6. The molecule has 6 nitrogen and oxygen atoms in total. The molecule has 0 aliphatic carbocycles. The molecule has 1 heterocycles. The summed E-state index contributed by atoms with van der Waals surface area (Å²) < 4.78 is 1.53. The number of aromatic nitrogens is 2. The van der Waals surface area contributed by atoms with E-state index in [2.05, 4.69) is 24.3 Å². The van der Waals surface area contributed by atoms with Gasteiger partial charge in [0.15, 0.2) is 5.02 Å². The molecule has 0 saturated heterocycles. The van der Waals surface area contributed by atoms with Crippen LogP contribution >= 0.6 is 11.6 Å². The van der Waals surface area contributed by atoms with E-state index in [0.717, 1.165) is 19.5 Å². The van der Waals surface area contributed by atoms with Crippen molar-refractivity contribution in [1.29, 1.82) is 0 Å². The number of rotatable bonds is 7. The van der Waals surface area contributed by atoms with Crippen LogP contribution in [0.1, 0.15) is 20.3 Å². The maximum atomic E-state index is 10.6. The summed E-state index contributed by atoms with van der Waals surface area (Å²) in [6, 6.07) is 0. The molecular formula is C10H17ClN4O2. The molecule has 1 atom stereocenters. The first kappa shape index (κ1) is 13.9. The van der Waals surface area contributed by atoms with Crippen LogP contribution < -0.4 is 5.32 Å². The first-order valence-corrected chi connectivity index (χ1v) is 6.00. The lowest BCUT2D eigenvalue weighted by atomic mass is 10.2. The van der Waals surface area contributed by atoms with Crippen molar-refractivity contribution in [3.63, 3.8) is 0 Å². The molecule has 0 amide bonds. The van der Waals surface area contributed by atoms with Gasteiger partial charge in [-0.25, -0.2) is 0 Å². The van der Waals surface area contributed by atoms with Crippen LogP contribution in [-0.4, -0.2) is 27.8 Å². The second-order valence-electron chi connectivity index (χ2n) is 4.09. The third-order valence-corrected chi connectivity index (χ3v) is 2.56. The van der Waals surface area contributed by atoms with Gasteiger partial charge in [0.1, 0.15) is 0 Å². The Morgan fingerprint density at radius 1 is 1.71 bits per heavy atom. The highest BCUT2D eigenvalue weighted by Crippen LogP contribution is 2.21. The van der Waals surface area contributed by atoms with Crippen LogP contribution in [0.3, 0.4) is 0 Å². The van der Waals surface area contributed by atoms with Gasteiger partial charge in [0, 0.05) is 0 Å². The minimum absolute atomic E-state index is 0.0868. The lowest BCUT2D eigenvalue weighted by Crippen LogP contribution is -2.24. The second kappa shape index (κ2) is 6.56. The molecule has 0 radical (unpaired) electrons. The molecule has 0 aliphatic heterocycles. The molecule has 0 aromatic carbocycles. The molecule has 17 heavy (non-hydrogen) atoms. The van der Waals surface area contributed by atoms with Crippen LogP contribution in [0, 0.1) is 16.0 Å². The maximum Gasteiger partial charge on any atom is 0.408 e. The Morgan fingerprint density at radius 3 is 2.94 bits per heavy atom. The summed E-state index contributed by atoms with van der Waals surface area (Å²) in [7, 11) is 0. The molecule has 96 valence electrons. The van der Waals surface area contributed by atoms with Gasteiger partial charge in [0.2, 0.25) is 0 Å². The SMILES string of the molecule is CCCNCC(C)Cn1cc(Cl)c([N+](=O)[O-])n1. The van der Waals surface area contributed by atoms with Crippen molar-refractivity contribution in [3.05, 3.63) is 21.3 Å². The van der Waals surface area contributed by atoms with Crippen molar-refractivity contribution < 1.29 is 4.92 Å². The zero-order chi connectivity index (χ0) is 12.8. The van der Waals surface area contributed by atoms with E-state index < -0.39 is 4.92 Å². The molecule has 1 N–H and O–H groups in total. The molecule has 1 rings (SSSR count). The monoisotopic (exact) mass is 260 g/mol. The van der Waals surface area contributed by atoms with Gasteiger partial charge in [-0.2, -0.15) is 4.68 Å². The zero-order valence-electron chi connectivity index (χ0n) is 10.0. The van der Waals surface area contributed by atoms with Crippen LogP contribution in [0.5, 0.6) is 0 Å². The fourth-order valence-electron chi connectivity index (χ4n) is 1.51. The number of hydrogen-bond acceptors (Lipinski definition) is 4. The van der Waals surface area contributed by atoms with Crippen LogP contribution in [0.25, 0.3) is 0 Å². The smallest absolute Gasteiger partial charge is 0.358 e. The van der Waals surface area contributed by atoms with Crippen molar-refractivity contribution in [1.82, 2.24) is 15.1 Å². The Balaban J connectivity index is 2.51. The predicted octanol–water partition coefficient (Wildman–Crippen LogP) is 2.08. The zero-order valence-corrected chi connectivity index (χ0v) is 10.8. The summed E-state index contributed by atoms with van der Waals surface area (Å²) in [5.74, 6) is 0.0671. The minimum Gasteiger partial charge on any atom is -0.358 e. The number of hydrogen-bond donors (Lipinski definition) is 1. The van der Waals surface area contributed by atoms with Crippen LogP contribution in [-0.2, 0) is 6.54 Å². The molecular weight excluding hydrogens is 244 g/mol. The molecule has 1 aromatic heterocycles. The Hall–Kier alpha value is -1.14. The Morgan fingerprint density at radius 2 is 2.41 bits per heavy atom. The van der Waals surface area contributed by atoms with Crippen molar-refractivity contribution in [3.8, 4) is 0 Å². The fraction of sp³-hybridized carbons (Fsp3) is 0.700. The lowest BCUT2D eigenvalue weighted by molar-refractivity contribution is -0.389. The molecule has 1 unspecified atom stereocenters. The van der Waals surface area contributed by atoms with Gasteiger partial charge in [-0.3, -0.25) is 0 Å². The third-order valence-electron chi connectivity index (χ3n) is 2.29. The minimum atomic E-state index is -0.571. The van der Waals surface area contributed by atoms with E-state index in [4.69, 9.17) is 11.6 Å². The second-order valence-corrected chi connectivity index (χ2v) is 4.50. The highest BCUT2D eigenvalue weighted by atomic mass is 35.5. The molecule has 7 heteroatoms.